The van der Waals surface area contributed by atoms with Crippen LogP contribution in [0.15, 0.2) is 35.2 Å². The Hall–Kier alpha value is -1.04. The van der Waals surface area contributed by atoms with Gasteiger partial charge in [-0.2, -0.15) is 0 Å². The Labute approximate surface area is 124 Å². The molecule has 3 rings (SSSR count). The van der Waals surface area contributed by atoms with E-state index in [0.717, 1.165) is 30.7 Å². The molecule has 3 N–H and O–H groups in total. The molecule has 0 aromatic heterocycles. The molecule has 0 radical (unpaired) electrons. The average Bonchev–Trinajstić information content (AvgIpc) is 2.94. The number of rotatable bonds is 4. The van der Waals surface area contributed by atoms with E-state index in [1.165, 1.54) is 0 Å². The zero-order valence-corrected chi connectivity index (χ0v) is 12.3. The summed E-state index contributed by atoms with van der Waals surface area (Å²) in [4.78, 5) is 13.2. The van der Waals surface area contributed by atoms with Crippen LogP contribution in [-0.2, 0) is 4.79 Å². The molecule has 4 nitrogen and oxygen atoms in total. The number of benzene rings is 1. The normalized spacial score (nSPS) is 28.9. The third kappa shape index (κ3) is 3.53. The van der Waals surface area contributed by atoms with E-state index in [0.29, 0.717) is 23.8 Å². The summed E-state index contributed by atoms with van der Waals surface area (Å²) in [5.41, 5.74) is 6.53. The molecule has 3 unspecified atom stereocenters. The Bertz CT molecular complexity index is 454. The molecule has 1 aromatic carbocycles. The number of hydrogen-bond donors (Lipinski definition) is 3. The number of carbonyl (C=O) groups is 1. The molecule has 1 amide bonds. The van der Waals surface area contributed by atoms with E-state index >= 15 is 0 Å². The van der Waals surface area contributed by atoms with Crippen molar-refractivity contribution in [2.24, 2.45) is 5.92 Å². The van der Waals surface area contributed by atoms with Gasteiger partial charge in [0.15, 0.2) is 0 Å². The minimum Gasteiger partial charge on any atom is -0.353 e. The summed E-state index contributed by atoms with van der Waals surface area (Å²) in [6, 6.07) is 11.0. The lowest BCUT2D eigenvalue weighted by Crippen LogP contribution is -2.44. The Morgan fingerprint density at radius 2 is 2.15 bits per heavy atom. The molecule has 1 aromatic rings. The van der Waals surface area contributed by atoms with Crippen LogP contribution in [0.3, 0.4) is 0 Å². The standard InChI is InChI=1S/C15H21N3OS/c19-15(10-20-13-4-2-1-3-5-13)17-12-6-7-14-11(8-12)9-16-18-14/h1-5,11-12,14,16,18H,6-10H2,(H,17,19). The Morgan fingerprint density at radius 3 is 3.00 bits per heavy atom. The van der Waals surface area contributed by atoms with Gasteiger partial charge < -0.3 is 5.32 Å². The fourth-order valence-electron chi connectivity index (χ4n) is 3.07. The van der Waals surface area contributed by atoms with Gasteiger partial charge in [0, 0.05) is 23.5 Å². The lowest BCUT2D eigenvalue weighted by atomic mass is 9.83. The van der Waals surface area contributed by atoms with Crippen LogP contribution in [-0.4, -0.2) is 30.3 Å². The van der Waals surface area contributed by atoms with Crippen LogP contribution in [0.5, 0.6) is 0 Å². The number of hydrogen-bond acceptors (Lipinski definition) is 4. The van der Waals surface area contributed by atoms with E-state index in [4.69, 9.17) is 0 Å². The lowest BCUT2D eigenvalue weighted by Gasteiger charge is -2.31. The van der Waals surface area contributed by atoms with Crippen molar-refractivity contribution in [3.63, 3.8) is 0 Å². The Morgan fingerprint density at radius 1 is 1.30 bits per heavy atom. The topological polar surface area (TPSA) is 53.2 Å². The molecule has 1 saturated carbocycles. The van der Waals surface area contributed by atoms with Crippen molar-refractivity contribution in [3.8, 4) is 0 Å². The molecule has 3 atom stereocenters. The van der Waals surface area contributed by atoms with E-state index < -0.39 is 0 Å². The number of carbonyl (C=O) groups excluding carboxylic acids is 1. The van der Waals surface area contributed by atoms with Gasteiger partial charge >= 0.3 is 0 Å². The number of amides is 1. The quantitative estimate of drug-likeness (QED) is 0.737. The predicted octanol–water partition coefficient (Wildman–Crippen LogP) is 1.54. The fraction of sp³-hybridized carbons (Fsp3) is 0.533. The number of hydrazine groups is 1. The van der Waals surface area contributed by atoms with Gasteiger partial charge in [-0.1, -0.05) is 18.2 Å². The summed E-state index contributed by atoms with van der Waals surface area (Å²) in [7, 11) is 0. The summed E-state index contributed by atoms with van der Waals surface area (Å²) in [6.07, 6.45) is 3.32. The van der Waals surface area contributed by atoms with Gasteiger partial charge in [0.05, 0.1) is 5.75 Å². The largest absolute Gasteiger partial charge is 0.353 e. The molecule has 0 spiro atoms. The van der Waals surface area contributed by atoms with Crippen molar-refractivity contribution in [1.29, 1.82) is 0 Å². The van der Waals surface area contributed by atoms with Crippen LogP contribution in [0, 0.1) is 5.92 Å². The minimum absolute atomic E-state index is 0.154. The maximum absolute atomic E-state index is 12.0. The molecule has 1 heterocycles. The molecule has 2 aliphatic rings. The highest BCUT2D eigenvalue weighted by molar-refractivity contribution is 8.00. The van der Waals surface area contributed by atoms with E-state index in [1.54, 1.807) is 11.8 Å². The van der Waals surface area contributed by atoms with Crippen molar-refractivity contribution >= 4 is 17.7 Å². The molecule has 20 heavy (non-hydrogen) atoms. The SMILES string of the molecule is O=C(CSc1ccccc1)NC1CCC2NNCC2C1. The number of nitrogens with one attached hydrogen (secondary N) is 3. The van der Waals surface area contributed by atoms with E-state index in [9.17, 15) is 4.79 Å². The van der Waals surface area contributed by atoms with Crippen molar-refractivity contribution in [2.45, 2.75) is 36.2 Å². The average molecular weight is 291 g/mol. The third-order valence-corrected chi connectivity index (χ3v) is 5.12. The molecule has 1 aliphatic heterocycles. The number of fused-ring (bicyclic) bond motifs is 1. The molecule has 0 bridgehead atoms. The van der Waals surface area contributed by atoms with E-state index in [2.05, 4.69) is 16.2 Å². The highest BCUT2D eigenvalue weighted by Gasteiger charge is 2.34. The van der Waals surface area contributed by atoms with Crippen LogP contribution >= 0.6 is 11.8 Å². The molecule has 2 fully saturated rings. The Balaban J connectivity index is 1.42. The second kappa shape index (κ2) is 6.61. The van der Waals surface area contributed by atoms with Crippen molar-refractivity contribution in [2.75, 3.05) is 12.3 Å². The molecule has 1 aliphatic carbocycles. The van der Waals surface area contributed by atoms with Crippen LogP contribution in [0.2, 0.25) is 0 Å². The third-order valence-electron chi connectivity index (χ3n) is 4.11. The van der Waals surface area contributed by atoms with Gasteiger partial charge in [-0.05, 0) is 37.3 Å². The van der Waals surface area contributed by atoms with Gasteiger partial charge in [0.25, 0.3) is 0 Å². The highest BCUT2D eigenvalue weighted by atomic mass is 32.2. The molecule has 1 saturated heterocycles. The first-order valence-corrected chi connectivity index (χ1v) is 8.25. The van der Waals surface area contributed by atoms with Gasteiger partial charge in [-0.25, -0.2) is 0 Å². The predicted molar refractivity (Wildman–Crippen MR) is 81.4 cm³/mol. The molecule has 108 valence electrons. The Kier molecular flexibility index (Phi) is 4.60. The smallest absolute Gasteiger partial charge is 0.230 e. The molecule has 5 heteroatoms. The first-order chi connectivity index (χ1) is 9.81. The molecular formula is C15H21N3OS. The monoisotopic (exact) mass is 291 g/mol. The van der Waals surface area contributed by atoms with Crippen LogP contribution < -0.4 is 16.2 Å². The first-order valence-electron chi connectivity index (χ1n) is 7.27. The summed E-state index contributed by atoms with van der Waals surface area (Å²) in [5, 5.41) is 3.19. The second-order valence-corrected chi connectivity index (χ2v) is 6.62. The second-order valence-electron chi connectivity index (χ2n) is 5.57. The van der Waals surface area contributed by atoms with Crippen molar-refractivity contribution in [1.82, 2.24) is 16.2 Å². The fourth-order valence-corrected chi connectivity index (χ4v) is 3.80. The van der Waals surface area contributed by atoms with Crippen molar-refractivity contribution < 1.29 is 4.79 Å². The van der Waals surface area contributed by atoms with Gasteiger partial charge in [-0.3, -0.25) is 15.6 Å². The van der Waals surface area contributed by atoms with Crippen LogP contribution in [0.4, 0.5) is 0 Å². The number of thioether (sulfide) groups is 1. The van der Waals surface area contributed by atoms with E-state index in [-0.39, 0.29) is 5.91 Å². The maximum Gasteiger partial charge on any atom is 0.230 e. The summed E-state index contributed by atoms with van der Waals surface area (Å²) < 4.78 is 0. The van der Waals surface area contributed by atoms with Crippen LogP contribution in [0.1, 0.15) is 19.3 Å². The summed E-state index contributed by atoms with van der Waals surface area (Å²) in [5.74, 6) is 1.32. The van der Waals surface area contributed by atoms with Crippen LogP contribution in [0.25, 0.3) is 0 Å². The summed E-state index contributed by atoms with van der Waals surface area (Å²) >= 11 is 1.60. The van der Waals surface area contributed by atoms with Gasteiger partial charge in [-0.15, -0.1) is 11.8 Å². The summed E-state index contributed by atoms with van der Waals surface area (Å²) in [6.45, 7) is 1.02. The van der Waals surface area contributed by atoms with Gasteiger partial charge in [0.2, 0.25) is 5.91 Å². The molecular weight excluding hydrogens is 270 g/mol. The van der Waals surface area contributed by atoms with E-state index in [1.807, 2.05) is 30.3 Å². The zero-order chi connectivity index (χ0) is 13.8. The maximum atomic E-state index is 12.0. The lowest BCUT2D eigenvalue weighted by molar-refractivity contribution is -0.119. The minimum atomic E-state index is 0.154. The van der Waals surface area contributed by atoms with Crippen molar-refractivity contribution in [3.05, 3.63) is 30.3 Å². The highest BCUT2D eigenvalue weighted by Crippen LogP contribution is 2.26. The first kappa shape index (κ1) is 13.9. The zero-order valence-electron chi connectivity index (χ0n) is 11.5. The van der Waals surface area contributed by atoms with Gasteiger partial charge in [0.1, 0.15) is 0 Å².